The predicted molar refractivity (Wildman–Crippen MR) is 99.4 cm³/mol. The van der Waals surface area contributed by atoms with Crippen LogP contribution < -0.4 is 0 Å². The van der Waals surface area contributed by atoms with Gasteiger partial charge in [0.25, 0.3) is 0 Å². The topological polar surface area (TPSA) is 9.23 Å². The Hall–Kier alpha value is -1.30. The van der Waals surface area contributed by atoms with Gasteiger partial charge in [-0.3, -0.25) is 0 Å². The van der Waals surface area contributed by atoms with Crippen LogP contribution in [-0.4, -0.2) is 14.4 Å². The molecule has 0 aliphatic carbocycles. The lowest BCUT2D eigenvalue weighted by Crippen LogP contribution is -2.43. The van der Waals surface area contributed by atoms with E-state index < -0.39 is 8.32 Å². The van der Waals surface area contributed by atoms with Crippen molar-refractivity contribution in [3.63, 3.8) is 0 Å². The molecule has 0 bridgehead atoms. The van der Waals surface area contributed by atoms with E-state index in [0.717, 1.165) is 12.0 Å². The molecule has 0 radical (unpaired) electrons. The van der Waals surface area contributed by atoms with Crippen molar-refractivity contribution in [1.29, 1.82) is 0 Å². The van der Waals surface area contributed by atoms with Crippen molar-refractivity contribution in [3.05, 3.63) is 47.5 Å². The van der Waals surface area contributed by atoms with Crippen LogP contribution in [0.25, 0.3) is 0 Å². The molecule has 1 atom stereocenters. The van der Waals surface area contributed by atoms with Gasteiger partial charge in [-0.25, -0.2) is 0 Å². The molecule has 22 heavy (non-hydrogen) atoms. The lowest BCUT2D eigenvalue weighted by atomic mass is 10.1. The second-order valence-corrected chi connectivity index (χ2v) is 12.3. The van der Waals surface area contributed by atoms with Gasteiger partial charge in [-0.2, -0.15) is 0 Å². The van der Waals surface area contributed by atoms with E-state index in [4.69, 9.17) is 4.43 Å². The Balaban J connectivity index is 2.95. The van der Waals surface area contributed by atoms with Crippen molar-refractivity contribution < 1.29 is 4.43 Å². The third-order valence-electron chi connectivity index (χ3n) is 4.13. The Kier molecular flexibility index (Phi) is 6.65. The van der Waals surface area contributed by atoms with E-state index in [0.29, 0.717) is 0 Å². The summed E-state index contributed by atoms with van der Waals surface area (Å²) in [5, 5.41) is 0.199. The van der Waals surface area contributed by atoms with E-state index in [9.17, 15) is 0 Å². The fourth-order valence-corrected chi connectivity index (χ4v) is 2.92. The van der Waals surface area contributed by atoms with Crippen LogP contribution in [0.1, 0.15) is 46.6 Å². The molecule has 0 aromatic heterocycles. The molecule has 1 nitrogen and oxygen atoms in total. The molecular weight excluding hydrogens is 284 g/mol. The molecule has 0 saturated carbocycles. The van der Waals surface area contributed by atoms with Crippen LogP contribution in [-0.2, 0) is 4.43 Å². The number of benzene rings is 1. The van der Waals surface area contributed by atoms with Gasteiger partial charge in [0.2, 0.25) is 0 Å². The zero-order valence-electron chi connectivity index (χ0n) is 15.2. The molecule has 0 aliphatic heterocycles. The van der Waals surface area contributed by atoms with Gasteiger partial charge in [0.05, 0.1) is 0 Å². The van der Waals surface area contributed by atoms with Gasteiger partial charge in [0, 0.05) is 12.0 Å². The van der Waals surface area contributed by atoms with Crippen LogP contribution in [0.3, 0.4) is 0 Å². The third kappa shape index (κ3) is 6.21. The molecule has 1 rings (SSSR count). The van der Waals surface area contributed by atoms with Crippen molar-refractivity contribution in [2.24, 2.45) is 0 Å². The van der Waals surface area contributed by atoms with Gasteiger partial charge < -0.3 is 4.43 Å². The molecule has 2 heteroatoms. The Morgan fingerprint density at radius 2 is 1.77 bits per heavy atom. The summed E-state index contributed by atoms with van der Waals surface area (Å²) in [6.45, 7) is 15.6. The van der Waals surface area contributed by atoms with Crippen molar-refractivity contribution >= 4 is 8.32 Å². The fourth-order valence-electron chi connectivity index (χ4n) is 1.70. The summed E-state index contributed by atoms with van der Waals surface area (Å²) in [5.41, 5.74) is 2.36. The zero-order valence-corrected chi connectivity index (χ0v) is 16.2. The van der Waals surface area contributed by atoms with Gasteiger partial charge in [0.1, 0.15) is 6.10 Å². The molecule has 1 aromatic carbocycles. The zero-order chi connectivity index (χ0) is 16.8. The van der Waals surface area contributed by atoms with E-state index in [2.05, 4.69) is 65.6 Å². The molecule has 1 unspecified atom stereocenters. The average molecular weight is 315 g/mol. The first-order valence-corrected chi connectivity index (χ1v) is 10.9. The number of allylic oxidation sites excluding steroid dienone is 1. The van der Waals surface area contributed by atoms with Crippen molar-refractivity contribution in [3.8, 4) is 11.8 Å². The van der Waals surface area contributed by atoms with Gasteiger partial charge >= 0.3 is 0 Å². The monoisotopic (exact) mass is 314 g/mol. The maximum Gasteiger partial charge on any atom is 0.193 e. The van der Waals surface area contributed by atoms with Gasteiger partial charge in [-0.05, 0) is 44.1 Å². The Labute approximate surface area is 137 Å². The van der Waals surface area contributed by atoms with Crippen LogP contribution in [0, 0.1) is 11.8 Å². The molecule has 0 N–H and O–H groups in total. The Morgan fingerprint density at radius 3 is 2.27 bits per heavy atom. The summed E-state index contributed by atoms with van der Waals surface area (Å²) in [7, 11) is -1.81. The molecule has 120 valence electrons. The summed E-state index contributed by atoms with van der Waals surface area (Å²) in [4.78, 5) is 0. The van der Waals surface area contributed by atoms with Crippen LogP contribution >= 0.6 is 0 Å². The Morgan fingerprint density at radius 1 is 1.18 bits per heavy atom. The van der Waals surface area contributed by atoms with E-state index in [-0.39, 0.29) is 11.1 Å². The number of rotatable bonds is 4. The summed E-state index contributed by atoms with van der Waals surface area (Å²) < 4.78 is 6.50. The largest absolute Gasteiger partial charge is 0.403 e. The quantitative estimate of drug-likeness (QED) is 0.388. The predicted octanol–water partition coefficient (Wildman–Crippen LogP) is 5.78. The van der Waals surface area contributed by atoms with Crippen LogP contribution in [0.2, 0.25) is 18.1 Å². The SMILES string of the molecule is CC(C)=CCC(C#Cc1ccccc1)O[Si](C)(C)C(C)(C)C. The summed E-state index contributed by atoms with van der Waals surface area (Å²) >= 11 is 0. The molecule has 0 saturated heterocycles. The highest BCUT2D eigenvalue weighted by Gasteiger charge is 2.38. The van der Waals surface area contributed by atoms with Crippen molar-refractivity contribution in [1.82, 2.24) is 0 Å². The highest BCUT2D eigenvalue weighted by Crippen LogP contribution is 2.37. The van der Waals surface area contributed by atoms with E-state index in [1.807, 2.05) is 30.3 Å². The minimum atomic E-state index is -1.81. The van der Waals surface area contributed by atoms with Crippen molar-refractivity contribution in [2.75, 3.05) is 0 Å². The molecule has 0 aliphatic rings. The standard InChI is InChI=1S/C20H30OSi/c1-17(2)13-15-19(21-22(6,7)20(3,4)5)16-14-18-11-9-8-10-12-18/h8-13,19H,15H2,1-7H3. The molecule has 0 amide bonds. The fraction of sp³-hybridized carbons (Fsp3) is 0.500. The first-order chi connectivity index (χ1) is 10.1. The van der Waals surface area contributed by atoms with E-state index in [1.165, 1.54) is 5.57 Å². The maximum atomic E-state index is 6.50. The molecule has 1 aromatic rings. The second-order valence-electron chi connectivity index (χ2n) is 7.52. The lowest BCUT2D eigenvalue weighted by Gasteiger charge is -2.38. The van der Waals surface area contributed by atoms with Crippen LogP contribution in [0.15, 0.2) is 42.0 Å². The maximum absolute atomic E-state index is 6.50. The Bertz CT molecular complexity index is 549. The normalized spacial score (nSPS) is 13.0. The average Bonchev–Trinajstić information content (AvgIpc) is 2.41. The van der Waals surface area contributed by atoms with Gasteiger partial charge in [-0.15, -0.1) is 0 Å². The molecule has 0 fully saturated rings. The van der Waals surface area contributed by atoms with Crippen molar-refractivity contribution in [2.45, 2.75) is 65.3 Å². The van der Waals surface area contributed by atoms with Crippen LogP contribution in [0.4, 0.5) is 0 Å². The minimum Gasteiger partial charge on any atom is -0.403 e. The third-order valence-corrected chi connectivity index (χ3v) is 8.62. The van der Waals surface area contributed by atoms with Gasteiger partial charge in [-0.1, -0.05) is 62.5 Å². The van der Waals surface area contributed by atoms with Gasteiger partial charge in [0.15, 0.2) is 8.32 Å². The van der Waals surface area contributed by atoms with Crippen LogP contribution in [0.5, 0.6) is 0 Å². The second kappa shape index (κ2) is 7.81. The first kappa shape index (κ1) is 18.7. The molecular formula is C20H30OSi. The lowest BCUT2D eigenvalue weighted by molar-refractivity contribution is 0.236. The number of hydrogen-bond acceptors (Lipinski definition) is 1. The highest BCUT2D eigenvalue weighted by atomic mass is 28.4. The van der Waals surface area contributed by atoms with E-state index in [1.54, 1.807) is 0 Å². The molecule has 0 heterocycles. The van der Waals surface area contributed by atoms with E-state index >= 15 is 0 Å². The number of hydrogen-bond donors (Lipinski definition) is 0. The first-order valence-electron chi connectivity index (χ1n) is 7.99. The minimum absolute atomic E-state index is 0.0315. The summed E-state index contributed by atoms with van der Waals surface area (Å²) in [6.07, 6.45) is 3.04. The summed E-state index contributed by atoms with van der Waals surface area (Å²) in [5.74, 6) is 6.60. The highest BCUT2D eigenvalue weighted by molar-refractivity contribution is 6.74. The smallest absolute Gasteiger partial charge is 0.193 e. The summed E-state index contributed by atoms with van der Waals surface area (Å²) in [6, 6.07) is 10.1. The molecule has 0 spiro atoms.